The Balaban J connectivity index is 2.34. The molecule has 0 aliphatic heterocycles. The van der Waals surface area contributed by atoms with E-state index in [4.69, 9.17) is 11.4 Å². The van der Waals surface area contributed by atoms with Crippen molar-refractivity contribution in [1.82, 2.24) is 4.98 Å². The second-order valence-electron chi connectivity index (χ2n) is 6.42. The lowest BCUT2D eigenvalue weighted by Crippen LogP contribution is -1.98. The zero-order chi connectivity index (χ0) is 17.5. The highest BCUT2D eigenvalue weighted by atomic mass is 14.7. The molecule has 1 aromatic heterocycles. The normalized spacial score (nSPS) is 11.8. The predicted octanol–water partition coefficient (Wildman–Crippen LogP) is 5.94. The van der Waals surface area contributed by atoms with Crippen LogP contribution in [0.3, 0.4) is 0 Å². The Morgan fingerprint density at radius 2 is 1.88 bits per heavy atom. The fourth-order valence-corrected chi connectivity index (χ4v) is 2.78. The molecule has 1 unspecified atom stereocenters. The number of hydrogen-bond acceptors (Lipinski definition) is 1. The first-order valence-electron chi connectivity index (χ1n) is 8.81. The van der Waals surface area contributed by atoms with E-state index in [2.05, 4.69) is 62.7 Å². The van der Waals surface area contributed by atoms with E-state index in [1.165, 1.54) is 17.5 Å². The Kier molecular flexibility index (Phi) is 6.38. The van der Waals surface area contributed by atoms with E-state index in [-0.39, 0.29) is 5.92 Å². The summed E-state index contributed by atoms with van der Waals surface area (Å²) in [6.45, 7) is 10.6. The lowest BCUT2D eigenvalue weighted by atomic mass is 9.98. The van der Waals surface area contributed by atoms with Crippen molar-refractivity contribution < 1.29 is 0 Å². The monoisotopic (exact) mass is 317 g/mol. The van der Waals surface area contributed by atoms with Crippen molar-refractivity contribution in [3.8, 4) is 23.6 Å². The molecule has 2 rings (SSSR count). The number of terminal acetylenes is 1. The number of hydrogen-bond donors (Lipinski definition) is 0. The quantitative estimate of drug-likeness (QED) is 0.576. The summed E-state index contributed by atoms with van der Waals surface area (Å²) in [5.41, 5.74) is 6.80. The van der Waals surface area contributed by atoms with E-state index in [1.807, 2.05) is 6.92 Å². The van der Waals surface area contributed by atoms with Gasteiger partial charge >= 0.3 is 0 Å². The third kappa shape index (κ3) is 4.59. The Bertz CT molecular complexity index is 732. The van der Waals surface area contributed by atoms with Crippen molar-refractivity contribution in [2.45, 2.75) is 46.5 Å². The summed E-state index contributed by atoms with van der Waals surface area (Å²) < 4.78 is 0. The molecule has 0 radical (unpaired) electrons. The molecule has 124 valence electrons. The van der Waals surface area contributed by atoms with Gasteiger partial charge in [0.05, 0.1) is 11.4 Å². The summed E-state index contributed by atoms with van der Waals surface area (Å²) in [4.78, 5) is 4.85. The molecule has 0 aliphatic rings. The van der Waals surface area contributed by atoms with Crippen LogP contribution in [0.25, 0.3) is 16.8 Å². The van der Waals surface area contributed by atoms with Gasteiger partial charge in [-0.2, -0.15) is 0 Å². The highest BCUT2D eigenvalue weighted by Gasteiger charge is 2.09. The van der Waals surface area contributed by atoms with Crippen LogP contribution in [0.5, 0.6) is 0 Å². The summed E-state index contributed by atoms with van der Waals surface area (Å²) in [7, 11) is 0. The van der Waals surface area contributed by atoms with Crippen LogP contribution in [-0.4, -0.2) is 4.98 Å². The molecule has 24 heavy (non-hydrogen) atoms. The Hall–Kier alpha value is -2.33. The van der Waals surface area contributed by atoms with E-state index in [0.717, 1.165) is 41.8 Å². The van der Waals surface area contributed by atoms with Crippen molar-refractivity contribution in [1.29, 1.82) is 0 Å². The van der Waals surface area contributed by atoms with E-state index in [9.17, 15) is 0 Å². The maximum Gasteiger partial charge on any atom is 0.0712 e. The number of aryl methyl sites for hydroxylation is 2. The van der Waals surface area contributed by atoms with E-state index < -0.39 is 0 Å². The molecular formula is C23H27N. The lowest BCUT2D eigenvalue weighted by molar-refractivity contribution is 0.784. The molecule has 0 saturated carbocycles. The van der Waals surface area contributed by atoms with Gasteiger partial charge in [-0.05, 0) is 48.1 Å². The fourth-order valence-electron chi connectivity index (χ4n) is 2.78. The van der Waals surface area contributed by atoms with Crippen LogP contribution >= 0.6 is 0 Å². The standard InChI is InChI=1S/C23H27N/c1-6-9-20-10-12-21(13-11-20)23-16-19(8-3)15-22(24-23)18(5)14-17(4)7-2/h2,10-13,15-17H,5-6,8-9,14H2,1,3-4H3. The molecule has 0 bridgehead atoms. The molecule has 1 heterocycles. The highest BCUT2D eigenvalue weighted by molar-refractivity contribution is 5.67. The minimum Gasteiger partial charge on any atom is -0.248 e. The first kappa shape index (κ1) is 18.0. The SMILES string of the molecule is C#CC(C)CC(=C)c1cc(CC)cc(-c2ccc(CCC)cc2)n1. The van der Waals surface area contributed by atoms with Crippen molar-refractivity contribution >= 4 is 5.57 Å². The van der Waals surface area contributed by atoms with Crippen LogP contribution in [0.2, 0.25) is 0 Å². The van der Waals surface area contributed by atoms with Gasteiger partial charge in [-0.25, -0.2) is 4.98 Å². The minimum atomic E-state index is 0.182. The first-order chi connectivity index (χ1) is 11.6. The molecule has 0 spiro atoms. The molecular weight excluding hydrogens is 290 g/mol. The number of allylic oxidation sites excluding steroid dienone is 1. The average Bonchev–Trinajstić information content (AvgIpc) is 2.62. The van der Waals surface area contributed by atoms with Gasteiger partial charge in [-0.1, -0.05) is 58.0 Å². The van der Waals surface area contributed by atoms with Gasteiger partial charge in [0, 0.05) is 11.5 Å². The van der Waals surface area contributed by atoms with E-state index >= 15 is 0 Å². The van der Waals surface area contributed by atoms with Crippen LogP contribution < -0.4 is 0 Å². The van der Waals surface area contributed by atoms with Crippen LogP contribution in [0.4, 0.5) is 0 Å². The van der Waals surface area contributed by atoms with Gasteiger partial charge in [-0.15, -0.1) is 12.3 Å². The highest BCUT2D eigenvalue weighted by Crippen LogP contribution is 2.25. The number of aromatic nitrogens is 1. The van der Waals surface area contributed by atoms with Crippen LogP contribution in [0.15, 0.2) is 43.0 Å². The van der Waals surface area contributed by atoms with Gasteiger partial charge in [-0.3, -0.25) is 0 Å². The minimum absolute atomic E-state index is 0.182. The maximum absolute atomic E-state index is 5.50. The van der Waals surface area contributed by atoms with Gasteiger partial charge in [0.25, 0.3) is 0 Å². The molecule has 0 fully saturated rings. The second kappa shape index (κ2) is 8.50. The zero-order valence-corrected chi connectivity index (χ0v) is 15.1. The number of benzene rings is 1. The van der Waals surface area contributed by atoms with E-state index in [1.54, 1.807) is 0 Å². The van der Waals surface area contributed by atoms with Crippen molar-refractivity contribution in [3.63, 3.8) is 0 Å². The maximum atomic E-state index is 5.50. The molecule has 1 aromatic carbocycles. The third-order valence-electron chi connectivity index (χ3n) is 4.28. The summed E-state index contributed by atoms with van der Waals surface area (Å²) in [5.74, 6) is 2.95. The lowest BCUT2D eigenvalue weighted by Gasteiger charge is -2.12. The number of nitrogens with zero attached hydrogens (tertiary/aromatic N) is 1. The Morgan fingerprint density at radius 3 is 2.46 bits per heavy atom. The van der Waals surface area contributed by atoms with Gasteiger partial charge in [0.15, 0.2) is 0 Å². The van der Waals surface area contributed by atoms with Crippen LogP contribution in [-0.2, 0) is 12.8 Å². The molecule has 1 nitrogen and oxygen atoms in total. The summed E-state index contributed by atoms with van der Waals surface area (Å²) in [6.07, 6.45) is 9.55. The Morgan fingerprint density at radius 1 is 1.17 bits per heavy atom. The molecule has 2 aromatic rings. The fraction of sp³-hybridized carbons (Fsp3) is 0.348. The molecule has 1 heteroatoms. The second-order valence-corrected chi connectivity index (χ2v) is 6.42. The zero-order valence-electron chi connectivity index (χ0n) is 15.1. The van der Waals surface area contributed by atoms with Gasteiger partial charge in [0.1, 0.15) is 0 Å². The van der Waals surface area contributed by atoms with Gasteiger partial charge in [0.2, 0.25) is 0 Å². The smallest absolute Gasteiger partial charge is 0.0712 e. The topological polar surface area (TPSA) is 12.9 Å². The molecule has 0 saturated heterocycles. The molecule has 1 atom stereocenters. The van der Waals surface area contributed by atoms with E-state index in [0.29, 0.717) is 0 Å². The summed E-state index contributed by atoms with van der Waals surface area (Å²) in [5, 5.41) is 0. The predicted molar refractivity (Wildman–Crippen MR) is 105 cm³/mol. The van der Waals surface area contributed by atoms with Gasteiger partial charge < -0.3 is 0 Å². The largest absolute Gasteiger partial charge is 0.248 e. The van der Waals surface area contributed by atoms with Crippen molar-refractivity contribution in [2.24, 2.45) is 5.92 Å². The molecule has 0 aliphatic carbocycles. The third-order valence-corrected chi connectivity index (χ3v) is 4.28. The van der Waals surface area contributed by atoms with Crippen LogP contribution in [0, 0.1) is 18.3 Å². The number of rotatable bonds is 7. The summed E-state index contributed by atoms with van der Waals surface area (Å²) >= 11 is 0. The molecule has 0 amide bonds. The van der Waals surface area contributed by atoms with Crippen LogP contribution in [0.1, 0.15) is 50.4 Å². The molecule has 0 N–H and O–H groups in total. The first-order valence-corrected chi connectivity index (χ1v) is 8.81. The summed E-state index contributed by atoms with van der Waals surface area (Å²) in [6, 6.07) is 13.1. The number of pyridine rings is 1. The van der Waals surface area contributed by atoms with Crippen molar-refractivity contribution in [3.05, 3.63) is 59.8 Å². The Labute approximate surface area is 146 Å². The average molecular weight is 317 g/mol. The van der Waals surface area contributed by atoms with Crippen molar-refractivity contribution in [2.75, 3.05) is 0 Å².